The molecule has 8 heteroatoms. The Morgan fingerprint density at radius 2 is 1.48 bits per heavy atom. The van der Waals surface area contributed by atoms with Gasteiger partial charge in [-0.25, -0.2) is 8.42 Å². The van der Waals surface area contributed by atoms with Gasteiger partial charge in [-0.15, -0.1) is 0 Å². The number of benzene rings is 3. The first-order chi connectivity index (χ1) is 11.7. The van der Waals surface area contributed by atoms with Crippen LogP contribution >= 0.6 is 23.2 Å². The van der Waals surface area contributed by atoms with Gasteiger partial charge < -0.3 is 5.73 Å². The van der Waals surface area contributed by atoms with Crippen LogP contribution in [0.3, 0.4) is 0 Å². The molecule has 3 aromatic rings. The SMILES string of the molecule is NC(=O)c1ccc2cc(NS(=O)(=O)c3cc(Cl)cc(Cl)c3)ccc2c1. The molecule has 0 saturated carbocycles. The number of primary amides is 1. The Morgan fingerprint density at radius 1 is 0.880 bits per heavy atom. The summed E-state index contributed by atoms with van der Waals surface area (Å²) in [7, 11) is -3.84. The highest BCUT2D eigenvalue weighted by Crippen LogP contribution is 2.26. The standard InChI is InChI=1S/C17H12Cl2N2O3S/c18-13-7-14(19)9-16(8-13)25(23,24)21-15-4-3-10-5-12(17(20)22)2-1-11(10)6-15/h1-9,21H,(H2,20,22). The number of carbonyl (C=O) groups excluding carboxylic acids is 1. The van der Waals surface area contributed by atoms with Crippen molar-refractivity contribution in [2.75, 3.05) is 4.72 Å². The largest absolute Gasteiger partial charge is 0.366 e. The van der Waals surface area contributed by atoms with Crippen LogP contribution in [0.1, 0.15) is 10.4 Å². The molecule has 5 nitrogen and oxygen atoms in total. The van der Waals surface area contributed by atoms with E-state index >= 15 is 0 Å². The Morgan fingerprint density at radius 3 is 2.12 bits per heavy atom. The van der Waals surface area contributed by atoms with Crippen LogP contribution in [-0.4, -0.2) is 14.3 Å². The predicted octanol–water partition coefficient (Wildman–Crippen LogP) is 4.05. The molecule has 0 aliphatic carbocycles. The van der Waals surface area contributed by atoms with Gasteiger partial charge in [0.05, 0.1) is 4.90 Å². The second-order valence-corrected chi connectivity index (χ2v) is 7.91. The molecule has 3 rings (SSSR count). The van der Waals surface area contributed by atoms with E-state index in [2.05, 4.69) is 4.72 Å². The minimum Gasteiger partial charge on any atom is -0.366 e. The van der Waals surface area contributed by atoms with Crippen LogP contribution in [0.2, 0.25) is 10.0 Å². The van der Waals surface area contributed by atoms with Crippen LogP contribution in [0, 0.1) is 0 Å². The van der Waals surface area contributed by atoms with Gasteiger partial charge in [0.25, 0.3) is 10.0 Å². The highest BCUT2D eigenvalue weighted by atomic mass is 35.5. The van der Waals surface area contributed by atoms with Gasteiger partial charge in [-0.1, -0.05) is 35.3 Å². The Balaban J connectivity index is 1.96. The molecule has 0 atom stereocenters. The summed E-state index contributed by atoms with van der Waals surface area (Å²) < 4.78 is 27.5. The molecule has 0 unspecified atom stereocenters. The summed E-state index contributed by atoms with van der Waals surface area (Å²) >= 11 is 11.7. The maximum absolute atomic E-state index is 12.5. The number of sulfonamides is 1. The van der Waals surface area contributed by atoms with Gasteiger partial charge in [0.1, 0.15) is 0 Å². The third kappa shape index (κ3) is 3.87. The van der Waals surface area contributed by atoms with Crippen molar-refractivity contribution in [3.05, 3.63) is 70.2 Å². The lowest BCUT2D eigenvalue weighted by Crippen LogP contribution is -2.13. The molecular formula is C17H12Cl2N2O3S. The normalized spacial score (nSPS) is 11.4. The van der Waals surface area contributed by atoms with Crippen LogP contribution in [0.4, 0.5) is 5.69 Å². The fourth-order valence-electron chi connectivity index (χ4n) is 2.36. The predicted molar refractivity (Wildman–Crippen MR) is 99.7 cm³/mol. The van der Waals surface area contributed by atoms with Crippen LogP contribution in [0.5, 0.6) is 0 Å². The zero-order chi connectivity index (χ0) is 18.2. The molecule has 0 aromatic heterocycles. The lowest BCUT2D eigenvalue weighted by atomic mass is 10.1. The van der Waals surface area contributed by atoms with E-state index in [1.54, 1.807) is 36.4 Å². The highest BCUT2D eigenvalue weighted by molar-refractivity contribution is 7.92. The van der Waals surface area contributed by atoms with Crippen molar-refractivity contribution in [1.82, 2.24) is 0 Å². The van der Waals surface area contributed by atoms with E-state index in [9.17, 15) is 13.2 Å². The third-order valence-corrected chi connectivity index (χ3v) is 5.32. The number of fused-ring (bicyclic) bond motifs is 1. The van der Waals surface area contributed by atoms with E-state index < -0.39 is 15.9 Å². The molecule has 0 aliphatic heterocycles. The smallest absolute Gasteiger partial charge is 0.261 e. The maximum Gasteiger partial charge on any atom is 0.261 e. The van der Waals surface area contributed by atoms with Crippen molar-refractivity contribution in [2.45, 2.75) is 4.90 Å². The summed E-state index contributed by atoms with van der Waals surface area (Å²) in [4.78, 5) is 11.2. The third-order valence-electron chi connectivity index (χ3n) is 3.52. The highest BCUT2D eigenvalue weighted by Gasteiger charge is 2.16. The molecule has 3 N–H and O–H groups in total. The number of nitrogens with one attached hydrogen (secondary N) is 1. The quantitative estimate of drug-likeness (QED) is 0.699. The summed E-state index contributed by atoms with van der Waals surface area (Å²) in [5, 5.41) is 1.98. The molecule has 0 fully saturated rings. The van der Waals surface area contributed by atoms with Crippen molar-refractivity contribution < 1.29 is 13.2 Å². The minimum atomic E-state index is -3.84. The molecule has 25 heavy (non-hydrogen) atoms. The Labute approximate surface area is 154 Å². The number of carbonyl (C=O) groups is 1. The van der Waals surface area contributed by atoms with Crippen molar-refractivity contribution >= 4 is 55.6 Å². The van der Waals surface area contributed by atoms with E-state index in [0.717, 1.165) is 10.8 Å². The van der Waals surface area contributed by atoms with Gasteiger partial charge >= 0.3 is 0 Å². The van der Waals surface area contributed by atoms with Crippen LogP contribution < -0.4 is 10.5 Å². The van der Waals surface area contributed by atoms with Crippen molar-refractivity contribution in [1.29, 1.82) is 0 Å². The lowest BCUT2D eigenvalue weighted by molar-refractivity contribution is 0.100. The molecule has 0 heterocycles. The van der Waals surface area contributed by atoms with E-state index in [4.69, 9.17) is 28.9 Å². The van der Waals surface area contributed by atoms with E-state index in [0.29, 0.717) is 11.3 Å². The molecule has 128 valence electrons. The molecule has 0 spiro atoms. The number of halogens is 2. The molecule has 0 aliphatic rings. The number of hydrogen-bond donors (Lipinski definition) is 2. The number of amides is 1. The molecular weight excluding hydrogens is 383 g/mol. The van der Waals surface area contributed by atoms with Crippen molar-refractivity contribution in [3.63, 3.8) is 0 Å². The molecule has 0 saturated heterocycles. The first-order valence-electron chi connectivity index (χ1n) is 7.07. The van der Waals surface area contributed by atoms with Gasteiger partial charge in [-0.3, -0.25) is 9.52 Å². The van der Waals surface area contributed by atoms with Crippen LogP contribution in [-0.2, 0) is 10.0 Å². The maximum atomic E-state index is 12.5. The van der Waals surface area contributed by atoms with Crippen LogP contribution in [0.25, 0.3) is 10.8 Å². The Kier molecular flexibility index (Phi) is 4.60. The number of hydrogen-bond acceptors (Lipinski definition) is 3. The molecule has 0 radical (unpaired) electrons. The van der Waals surface area contributed by atoms with Gasteiger partial charge in [0.2, 0.25) is 5.91 Å². The molecule has 3 aromatic carbocycles. The summed E-state index contributed by atoms with van der Waals surface area (Å²) in [5.74, 6) is -0.524. The zero-order valence-electron chi connectivity index (χ0n) is 12.7. The molecule has 1 amide bonds. The van der Waals surface area contributed by atoms with E-state index in [1.807, 2.05) is 0 Å². The average Bonchev–Trinajstić information content (AvgIpc) is 2.53. The topological polar surface area (TPSA) is 89.3 Å². The summed E-state index contributed by atoms with van der Waals surface area (Å²) in [6.07, 6.45) is 0. The second-order valence-electron chi connectivity index (χ2n) is 5.35. The van der Waals surface area contributed by atoms with E-state index in [1.165, 1.54) is 18.2 Å². The first-order valence-corrected chi connectivity index (χ1v) is 9.31. The van der Waals surface area contributed by atoms with Crippen molar-refractivity contribution in [2.24, 2.45) is 5.73 Å². The van der Waals surface area contributed by atoms with Gasteiger partial charge in [0.15, 0.2) is 0 Å². The number of nitrogens with two attached hydrogens (primary N) is 1. The Bertz CT molecular complexity index is 1080. The Hall–Kier alpha value is -2.28. The summed E-state index contributed by atoms with van der Waals surface area (Å²) in [5.41, 5.74) is 6.01. The molecule has 0 bridgehead atoms. The first kappa shape index (κ1) is 17.5. The fraction of sp³-hybridized carbons (Fsp3) is 0. The minimum absolute atomic E-state index is 0.0332. The van der Waals surface area contributed by atoms with Gasteiger partial charge in [-0.2, -0.15) is 0 Å². The van der Waals surface area contributed by atoms with Crippen LogP contribution in [0.15, 0.2) is 59.5 Å². The van der Waals surface area contributed by atoms with Crippen molar-refractivity contribution in [3.8, 4) is 0 Å². The lowest BCUT2D eigenvalue weighted by Gasteiger charge is -2.10. The van der Waals surface area contributed by atoms with E-state index in [-0.39, 0.29) is 14.9 Å². The summed E-state index contributed by atoms with van der Waals surface area (Å²) in [6, 6.07) is 14.0. The zero-order valence-corrected chi connectivity index (χ0v) is 15.0. The average molecular weight is 395 g/mol. The fourth-order valence-corrected chi connectivity index (χ4v) is 4.14. The number of rotatable bonds is 4. The van der Waals surface area contributed by atoms with Gasteiger partial charge in [0, 0.05) is 21.3 Å². The number of anilines is 1. The summed E-state index contributed by atoms with van der Waals surface area (Å²) in [6.45, 7) is 0. The monoisotopic (exact) mass is 394 g/mol. The van der Waals surface area contributed by atoms with Gasteiger partial charge in [-0.05, 0) is 53.2 Å². The second kappa shape index (κ2) is 6.55.